The highest BCUT2D eigenvalue weighted by molar-refractivity contribution is 7.89. The third-order valence-corrected chi connectivity index (χ3v) is 7.02. The maximum atomic E-state index is 13.0. The van der Waals surface area contributed by atoms with Crippen LogP contribution in [0, 0.1) is 0 Å². The fourth-order valence-electron chi connectivity index (χ4n) is 3.49. The molecule has 2 aromatic carbocycles. The summed E-state index contributed by atoms with van der Waals surface area (Å²) in [5.41, 5.74) is 2.08. The number of aromatic nitrogens is 2. The van der Waals surface area contributed by atoms with Gasteiger partial charge in [0.05, 0.1) is 22.0 Å². The van der Waals surface area contributed by atoms with Crippen molar-refractivity contribution < 1.29 is 8.42 Å². The first-order chi connectivity index (χ1) is 14.4. The van der Waals surface area contributed by atoms with Crippen LogP contribution in [0.4, 0.5) is 5.82 Å². The largest absolute Gasteiger partial charge is 0.369 e. The molecular weight excluding hydrogens is 424 g/mol. The molecular formula is C21H23ClN4O3S. The van der Waals surface area contributed by atoms with Gasteiger partial charge >= 0.3 is 5.69 Å². The van der Waals surface area contributed by atoms with Crippen LogP contribution in [-0.4, -0.2) is 37.3 Å². The summed E-state index contributed by atoms with van der Waals surface area (Å²) >= 11 is 6.38. The minimum absolute atomic E-state index is 0.00303. The molecule has 1 fully saturated rings. The Hall–Kier alpha value is -2.42. The predicted octanol–water partition coefficient (Wildman–Crippen LogP) is 3.27. The van der Waals surface area contributed by atoms with Gasteiger partial charge in [-0.15, -0.1) is 0 Å². The van der Waals surface area contributed by atoms with Crippen molar-refractivity contribution in [2.24, 2.45) is 0 Å². The number of para-hydroxylation sites is 1. The molecule has 1 saturated carbocycles. The Kier molecular flexibility index (Phi) is 5.81. The quantitative estimate of drug-likeness (QED) is 0.518. The molecule has 1 heterocycles. The van der Waals surface area contributed by atoms with Crippen molar-refractivity contribution in [2.75, 3.05) is 24.7 Å². The second-order valence-electron chi connectivity index (χ2n) is 7.38. The van der Waals surface area contributed by atoms with E-state index in [9.17, 15) is 13.2 Å². The van der Waals surface area contributed by atoms with E-state index < -0.39 is 15.7 Å². The summed E-state index contributed by atoms with van der Waals surface area (Å²) in [4.78, 5) is 17.2. The van der Waals surface area contributed by atoms with Crippen molar-refractivity contribution >= 4 is 38.3 Å². The molecule has 30 heavy (non-hydrogen) atoms. The number of rotatable bonds is 8. The van der Waals surface area contributed by atoms with Gasteiger partial charge in [0, 0.05) is 11.9 Å². The molecule has 0 radical (unpaired) electrons. The summed E-state index contributed by atoms with van der Waals surface area (Å²) in [6, 6.07) is 13.3. The van der Waals surface area contributed by atoms with E-state index in [0.717, 1.165) is 23.7 Å². The second-order valence-corrected chi connectivity index (χ2v) is 9.84. The fraction of sp³-hybridized carbons (Fsp3) is 0.333. The Balaban J connectivity index is 1.75. The second kappa shape index (κ2) is 8.37. The third kappa shape index (κ3) is 4.35. The standard InChI is InChI=1S/C21H23ClN4O3S/c1-23-30(28,29)12-4-11-24-20-16-10-9-15(14-7-8-14)13-19(16)26(21(27)25-20)18-6-3-2-5-17(18)22/h2-3,5-6,9-10,13-14,23H,4,7-8,11-12H2,1H3,(H,24,25,27). The van der Waals surface area contributed by atoms with Gasteiger partial charge in [0.2, 0.25) is 10.0 Å². The van der Waals surface area contributed by atoms with Crippen LogP contribution in [0.5, 0.6) is 0 Å². The third-order valence-electron chi connectivity index (χ3n) is 5.25. The van der Waals surface area contributed by atoms with Gasteiger partial charge in [-0.25, -0.2) is 17.9 Å². The van der Waals surface area contributed by atoms with Gasteiger partial charge in [-0.3, -0.25) is 4.57 Å². The highest BCUT2D eigenvalue weighted by Gasteiger charge is 2.25. The van der Waals surface area contributed by atoms with Gasteiger partial charge in [-0.05, 0) is 62.1 Å². The number of hydrogen-bond acceptors (Lipinski definition) is 5. The highest BCUT2D eigenvalue weighted by atomic mass is 35.5. The van der Waals surface area contributed by atoms with Crippen LogP contribution >= 0.6 is 11.6 Å². The summed E-state index contributed by atoms with van der Waals surface area (Å²) in [7, 11) is -1.88. The first-order valence-electron chi connectivity index (χ1n) is 9.86. The van der Waals surface area contributed by atoms with Crippen LogP contribution in [0.15, 0.2) is 47.3 Å². The SMILES string of the molecule is CNS(=O)(=O)CCCNc1nc(=O)n(-c2ccccc2Cl)c2cc(C3CC3)ccc12. The molecule has 1 aromatic heterocycles. The molecule has 0 bridgehead atoms. The summed E-state index contributed by atoms with van der Waals surface area (Å²) in [5, 5.41) is 4.39. The number of sulfonamides is 1. The molecule has 0 spiro atoms. The smallest absolute Gasteiger partial charge is 0.354 e. The molecule has 4 rings (SSSR count). The molecule has 2 N–H and O–H groups in total. The first-order valence-corrected chi connectivity index (χ1v) is 11.9. The van der Waals surface area contributed by atoms with Crippen molar-refractivity contribution in [3.05, 3.63) is 63.5 Å². The lowest BCUT2D eigenvalue weighted by Gasteiger charge is -2.16. The van der Waals surface area contributed by atoms with Gasteiger partial charge in [0.25, 0.3) is 0 Å². The van der Waals surface area contributed by atoms with E-state index in [4.69, 9.17) is 11.6 Å². The summed E-state index contributed by atoms with van der Waals surface area (Å²) in [5.74, 6) is 0.972. The number of benzene rings is 2. The van der Waals surface area contributed by atoms with Gasteiger partial charge in [0.1, 0.15) is 5.82 Å². The lowest BCUT2D eigenvalue weighted by atomic mass is 10.1. The van der Waals surface area contributed by atoms with Gasteiger partial charge in [0.15, 0.2) is 0 Å². The average molecular weight is 447 g/mol. The van der Waals surface area contributed by atoms with Crippen molar-refractivity contribution in [1.82, 2.24) is 14.3 Å². The van der Waals surface area contributed by atoms with E-state index in [1.54, 1.807) is 16.7 Å². The minimum Gasteiger partial charge on any atom is -0.369 e. The summed E-state index contributed by atoms with van der Waals surface area (Å²) in [6.07, 6.45) is 2.69. The van der Waals surface area contributed by atoms with E-state index in [-0.39, 0.29) is 5.75 Å². The Bertz CT molecular complexity index is 1250. The van der Waals surface area contributed by atoms with Crippen LogP contribution in [0.3, 0.4) is 0 Å². The van der Waals surface area contributed by atoms with Gasteiger partial charge < -0.3 is 5.32 Å². The lowest BCUT2D eigenvalue weighted by molar-refractivity contribution is 0.586. The molecule has 1 aliphatic carbocycles. The number of hydrogen-bond donors (Lipinski definition) is 2. The van der Waals surface area contributed by atoms with Gasteiger partial charge in [-0.2, -0.15) is 4.98 Å². The molecule has 0 amide bonds. The minimum atomic E-state index is -3.27. The number of fused-ring (bicyclic) bond motifs is 1. The molecule has 9 heteroatoms. The van der Waals surface area contributed by atoms with Crippen molar-refractivity contribution in [2.45, 2.75) is 25.2 Å². The Morgan fingerprint density at radius 2 is 1.97 bits per heavy atom. The topological polar surface area (TPSA) is 93.1 Å². The van der Waals surface area contributed by atoms with Crippen LogP contribution in [-0.2, 0) is 10.0 Å². The van der Waals surface area contributed by atoms with E-state index in [1.165, 1.54) is 12.6 Å². The maximum Gasteiger partial charge on any atom is 0.354 e. The lowest BCUT2D eigenvalue weighted by Crippen LogP contribution is -2.25. The average Bonchev–Trinajstić information content (AvgIpc) is 3.57. The molecule has 1 aliphatic rings. The number of nitrogens with one attached hydrogen (secondary N) is 2. The molecule has 0 unspecified atom stereocenters. The normalized spacial score (nSPS) is 14.2. The van der Waals surface area contributed by atoms with E-state index in [1.807, 2.05) is 24.3 Å². The van der Waals surface area contributed by atoms with Crippen LogP contribution in [0.1, 0.15) is 30.7 Å². The fourth-order valence-corrected chi connectivity index (χ4v) is 4.43. The Labute approximate surface area is 180 Å². The van der Waals surface area contributed by atoms with Crippen LogP contribution in [0.25, 0.3) is 16.6 Å². The van der Waals surface area contributed by atoms with Crippen LogP contribution in [0.2, 0.25) is 5.02 Å². The molecule has 0 aliphatic heterocycles. The van der Waals surface area contributed by atoms with E-state index in [0.29, 0.717) is 35.4 Å². The zero-order valence-corrected chi connectivity index (χ0v) is 18.1. The molecule has 3 aromatic rings. The van der Waals surface area contributed by atoms with Crippen LogP contribution < -0.4 is 15.7 Å². The Morgan fingerprint density at radius 1 is 1.20 bits per heavy atom. The summed E-state index contributed by atoms with van der Waals surface area (Å²) < 4.78 is 27.0. The zero-order valence-electron chi connectivity index (χ0n) is 16.6. The highest BCUT2D eigenvalue weighted by Crippen LogP contribution is 2.41. The first kappa shape index (κ1) is 20.8. The molecule has 0 saturated heterocycles. The van der Waals surface area contributed by atoms with E-state index >= 15 is 0 Å². The number of anilines is 1. The van der Waals surface area contributed by atoms with Crippen molar-refractivity contribution in [3.63, 3.8) is 0 Å². The number of nitrogens with zero attached hydrogens (tertiary/aromatic N) is 2. The zero-order chi connectivity index (χ0) is 21.3. The van der Waals surface area contributed by atoms with Crippen molar-refractivity contribution in [1.29, 1.82) is 0 Å². The number of halogens is 1. The van der Waals surface area contributed by atoms with E-state index in [2.05, 4.69) is 21.1 Å². The van der Waals surface area contributed by atoms with Crippen molar-refractivity contribution in [3.8, 4) is 5.69 Å². The van der Waals surface area contributed by atoms with Gasteiger partial charge in [-0.1, -0.05) is 29.8 Å². The molecule has 158 valence electrons. The predicted molar refractivity (Wildman–Crippen MR) is 120 cm³/mol. The molecule has 0 atom stereocenters. The monoisotopic (exact) mass is 446 g/mol. The maximum absolute atomic E-state index is 13.0. The Morgan fingerprint density at radius 3 is 2.67 bits per heavy atom. The molecule has 7 nitrogen and oxygen atoms in total. The summed E-state index contributed by atoms with van der Waals surface area (Å²) in [6.45, 7) is 0.378.